The lowest BCUT2D eigenvalue weighted by Crippen LogP contribution is -2.49. The fourth-order valence-corrected chi connectivity index (χ4v) is 4.30. The zero-order valence-electron chi connectivity index (χ0n) is 17.9. The third-order valence-electron chi connectivity index (χ3n) is 5.97. The minimum absolute atomic E-state index is 0.0813. The van der Waals surface area contributed by atoms with Crippen LogP contribution in [-0.4, -0.2) is 51.1 Å². The molecule has 0 bridgehead atoms. The number of hydrogen-bond acceptors (Lipinski definition) is 3. The lowest BCUT2D eigenvalue weighted by molar-refractivity contribution is -0.117. The van der Waals surface area contributed by atoms with Crippen molar-refractivity contribution in [1.29, 1.82) is 0 Å². The van der Waals surface area contributed by atoms with Crippen molar-refractivity contribution in [1.82, 2.24) is 10.6 Å². The first-order valence-corrected chi connectivity index (χ1v) is 10.8. The number of carbonyl (C=O) groups is 1. The molecule has 158 valence electrons. The average molecular weight is 406 g/mol. The van der Waals surface area contributed by atoms with E-state index in [1.807, 2.05) is 23.1 Å². The maximum Gasteiger partial charge on any atom is 0.246 e. The molecule has 6 heteroatoms. The van der Waals surface area contributed by atoms with Crippen LogP contribution in [0.5, 0.6) is 0 Å². The molecule has 2 aliphatic heterocycles. The minimum atomic E-state index is 0.0813. The summed E-state index contributed by atoms with van der Waals surface area (Å²) in [4.78, 5) is 21.5. The van der Waals surface area contributed by atoms with E-state index in [0.29, 0.717) is 12.0 Å². The van der Waals surface area contributed by atoms with Gasteiger partial charge in [-0.2, -0.15) is 0 Å². The van der Waals surface area contributed by atoms with Crippen LogP contribution in [-0.2, 0) is 11.2 Å². The number of benzene rings is 2. The predicted octanol–water partition coefficient (Wildman–Crippen LogP) is 2.72. The standard InChI is InChI=1S/C24H31N5O/c1-18-9-11-21(12-10-18)28-15-13-20(17-28)27-24(25-2)26-16-23(30)29-14-5-7-19-6-3-4-8-22(19)29/h3-4,6,8-12,20H,5,7,13-17H2,1-2H3,(H2,25,26,27). The molecule has 1 fully saturated rings. The van der Waals surface area contributed by atoms with Gasteiger partial charge in [0.2, 0.25) is 5.91 Å². The molecule has 0 radical (unpaired) electrons. The quantitative estimate of drug-likeness (QED) is 0.607. The Balaban J connectivity index is 1.30. The molecule has 2 N–H and O–H groups in total. The highest BCUT2D eigenvalue weighted by Gasteiger charge is 2.25. The van der Waals surface area contributed by atoms with Crippen molar-refractivity contribution in [3.8, 4) is 0 Å². The largest absolute Gasteiger partial charge is 0.369 e. The van der Waals surface area contributed by atoms with Crippen LogP contribution < -0.4 is 20.4 Å². The molecule has 2 aromatic carbocycles. The fourth-order valence-electron chi connectivity index (χ4n) is 4.30. The maximum absolute atomic E-state index is 12.9. The molecule has 2 aromatic rings. The van der Waals surface area contributed by atoms with Crippen molar-refractivity contribution in [3.63, 3.8) is 0 Å². The van der Waals surface area contributed by atoms with Gasteiger partial charge >= 0.3 is 0 Å². The van der Waals surface area contributed by atoms with Crippen molar-refractivity contribution in [2.24, 2.45) is 4.99 Å². The fraction of sp³-hybridized carbons (Fsp3) is 0.417. The molecule has 1 amide bonds. The lowest BCUT2D eigenvalue weighted by Gasteiger charge is -2.30. The van der Waals surface area contributed by atoms with Crippen molar-refractivity contribution < 1.29 is 4.79 Å². The van der Waals surface area contributed by atoms with Crippen LogP contribution in [0.25, 0.3) is 0 Å². The number of aliphatic imine (C=N–C) groups is 1. The number of amides is 1. The van der Waals surface area contributed by atoms with E-state index in [2.05, 4.69) is 57.8 Å². The van der Waals surface area contributed by atoms with Crippen LogP contribution >= 0.6 is 0 Å². The normalized spacial score (nSPS) is 18.9. The van der Waals surface area contributed by atoms with E-state index in [9.17, 15) is 4.79 Å². The van der Waals surface area contributed by atoms with Gasteiger partial charge in [-0.05, 0) is 49.9 Å². The smallest absolute Gasteiger partial charge is 0.246 e. The Morgan fingerprint density at radius 1 is 1.13 bits per heavy atom. The van der Waals surface area contributed by atoms with Crippen molar-refractivity contribution in [2.75, 3.05) is 43.0 Å². The topological polar surface area (TPSA) is 60.0 Å². The van der Waals surface area contributed by atoms with Gasteiger partial charge < -0.3 is 20.4 Å². The summed E-state index contributed by atoms with van der Waals surface area (Å²) in [7, 11) is 1.75. The molecule has 4 rings (SSSR count). The van der Waals surface area contributed by atoms with Crippen molar-refractivity contribution in [2.45, 2.75) is 32.2 Å². The van der Waals surface area contributed by atoms with Crippen LogP contribution in [0.4, 0.5) is 11.4 Å². The third-order valence-corrected chi connectivity index (χ3v) is 5.97. The second-order valence-electron chi connectivity index (χ2n) is 8.11. The Kier molecular flexibility index (Phi) is 6.21. The maximum atomic E-state index is 12.9. The molecule has 0 saturated carbocycles. The number of carbonyl (C=O) groups excluding carboxylic acids is 1. The molecule has 0 spiro atoms. The number of nitrogens with zero attached hydrogens (tertiary/aromatic N) is 3. The van der Waals surface area contributed by atoms with Crippen LogP contribution in [0.1, 0.15) is 24.0 Å². The molecular formula is C24H31N5O. The second kappa shape index (κ2) is 9.20. The number of aryl methyl sites for hydroxylation is 2. The summed E-state index contributed by atoms with van der Waals surface area (Å²) < 4.78 is 0. The number of guanidine groups is 1. The SMILES string of the molecule is CN=C(NCC(=O)N1CCCc2ccccc21)NC1CCN(c2ccc(C)cc2)C1. The van der Waals surface area contributed by atoms with Crippen LogP contribution in [0, 0.1) is 6.92 Å². The van der Waals surface area contributed by atoms with Crippen molar-refractivity contribution in [3.05, 3.63) is 59.7 Å². The van der Waals surface area contributed by atoms with Gasteiger partial charge in [-0.1, -0.05) is 35.9 Å². The van der Waals surface area contributed by atoms with Gasteiger partial charge in [0.1, 0.15) is 0 Å². The number of para-hydroxylation sites is 1. The van der Waals surface area contributed by atoms with Gasteiger partial charge in [0.15, 0.2) is 5.96 Å². The summed E-state index contributed by atoms with van der Waals surface area (Å²) in [6, 6.07) is 17.2. The molecule has 1 unspecified atom stereocenters. The van der Waals surface area contributed by atoms with Gasteiger partial charge in [-0.15, -0.1) is 0 Å². The summed E-state index contributed by atoms with van der Waals surface area (Å²) in [5, 5.41) is 6.70. The summed E-state index contributed by atoms with van der Waals surface area (Å²) in [6.45, 7) is 5.07. The van der Waals surface area contributed by atoms with Gasteiger partial charge in [0.25, 0.3) is 0 Å². The Morgan fingerprint density at radius 2 is 1.93 bits per heavy atom. The molecule has 1 atom stereocenters. The number of anilines is 2. The van der Waals surface area contributed by atoms with Crippen LogP contribution in [0.15, 0.2) is 53.5 Å². The molecule has 0 aliphatic carbocycles. The molecular weight excluding hydrogens is 374 g/mol. The Hall–Kier alpha value is -3.02. The Bertz CT molecular complexity index is 908. The van der Waals surface area contributed by atoms with E-state index >= 15 is 0 Å². The van der Waals surface area contributed by atoms with Gasteiger partial charge in [0.05, 0.1) is 6.54 Å². The molecule has 0 aromatic heterocycles. The number of fused-ring (bicyclic) bond motifs is 1. The highest BCUT2D eigenvalue weighted by Crippen LogP contribution is 2.26. The summed E-state index contributed by atoms with van der Waals surface area (Å²) >= 11 is 0. The third kappa shape index (κ3) is 4.58. The molecule has 2 heterocycles. The van der Waals surface area contributed by atoms with Gasteiger partial charge in [0, 0.05) is 44.1 Å². The van der Waals surface area contributed by atoms with E-state index in [1.165, 1.54) is 16.8 Å². The van der Waals surface area contributed by atoms with Gasteiger partial charge in [-0.3, -0.25) is 9.79 Å². The Labute approximate surface area is 179 Å². The van der Waals surface area contributed by atoms with Crippen LogP contribution in [0.2, 0.25) is 0 Å². The molecule has 6 nitrogen and oxygen atoms in total. The van der Waals surface area contributed by atoms with E-state index in [-0.39, 0.29) is 12.5 Å². The second-order valence-corrected chi connectivity index (χ2v) is 8.11. The molecule has 1 saturated heterocycles. The zero-order chi connectivity index (χ0) is 20.9. The Morgan fingerprint density at radius 3 is 2.73 bits per heavy atom. The first-order valence-electron chi connectivity index (χ1n) is 10.8. The summed E-state index contributed by atoms with van der Waals surface area (Å²) in [5.74, 6) is 0.766. The molecule has 30 heavy (non-hydrogen) atoms. The first-order chi connectivity index (χ1) is 14.6. The summed E-state index contributed by atoms with van der Waals surface area (Å²) in [5.41, 5.74) is 4.83. The summed E-state index contributed by atoms with van der Waals surface area (Å²) in [6.07, 6.45) is 3.09. The monoisotopic (exact) mass is 405 g/mol. The van der Waals surface area contributed by atoms with Crippen LogP contribution in [0.3, 0.4) is 0 Å². The highest BCUT2D eigenvalue weighted by atomic mass is 16.2. The van der Waals surface area contributed by atoms with E-state index in [0.717, 1.165) is 44.6 Å². The number of rotatable bonds is 4. The van der Waals surface area contributed by atoms with Crippen molar-refractivity contribution >= 4 is 23.2 Å². The number of hydrogen-bond donors (Lipinski definition) is 2. The highest BCUT2D eigenvalue weighted by molar-refractivity contribution is 5.98. The number of nitrogens with one attached hydrogen (secondary N) is 2. The first kappa shape index (κ1) is 20.3. The lowest BCUT2D eigenvalue weighted by atomic mass is 10.0. The van der Waals surface area contributed by atoms with E-state index in [4.69, 9.17) is 0 Å². The minimum Gasteiger partial charge on any atom is -0.369 e. The van der Waals surface area contributed by atoms with E-state index in [1.54, 1.807) is 7.05 Å². The molecule has 2 aliphatic rings. The average Bonchev–Trinajstić information content (AvgIpc) is 3.25. The zero-order valence-corrected chi connectivity index (χ0v) is 17.9. The van der Waals surface area contributed by atoms with Gasteiger partial charge in [-0.25, -0.2) is 0 Å². The van der Waals surface area contributed by atoms with E-state index < -0.39 is 0 Å². The predicted molar refractivity (Wildman–Crippen MR) is 123 cm³/mol.